The lowest BCUT2D eigenvalue weighted by molar-refractivity contribution is 0.0379. The summed E-state index contributed by atoms with van der Waals surface area (Å²) >= 11 is 1.27. The van der Waals surface area contributed by atoms with E-state index in [1.54, 1.807) is 26.8 Å². The van der Waals surface area contributed by atoms with E-state index in [1.807, 2.05) is 6.92 Å². The summed E-state index contributed by atoms with van der Waals surface area (Å²) in [5, 5.41) is 3.00. The van der Waals surface area contributed by atoms with E-state index in [-0.39, 0.29) is 11.7 Å². The second kappa shape index (κ2) is 6.91. The van der Waals surface area contributed by atoms with Crippen LogP contribution in [0.3, 0.4) is 0 Å². The van der Waals surface area contributed by atoms with Crippen molar-refractivity contribution < 1.29 is 18.7 Å². The second-order valence-corrected chi connectivity index (χ2v) is 6.60. The highest BCUT2D eigenvalue weighted by atomic mass is 32.1. The van der Waals surface area contributed by atoms with Crippen LogP contribution in [-0.2, 0) is 4.74 Å². The van der Waals surface area contributed by atoms with Gasteiger partial charge < -0.3 is 10.1 Å². The molecule has 1 aromatic heterocycles. The van der Waals surface area contributed by atoms with Gasteiger partial charge in [-0.1, -0.05) is 12.1 Å². The van der Waals surface area contributed by atoms with Crippen molar-refractivity contribution in [3.05, 3.63) is 51.7 Å². The van der Waals surface area contributed by atoms with E-state index < -0.39 is 17.7 Å². The highest BCUT2D eigenvalue weighted by Crippen LogP contribution is 2.33. The maximum atomic E-state index is 13.7. The predicted octanol–water partition coefficient (Wildman–Crippen LogP) is 4.32. The summed E-state index contributed by atoms with van der Waals surface area (Å²) in [6, 6.07) is 5.70. The molecule has 1 amide bonds. The molecule has 0 spiro atoms. The van der Waals surface area contributed by atoms with Gasteiger partial charge in [0, 0.05) is 4.88 Å². The lowest BCUT2D eigenvalue weighted by Gasteiger charge is -2.10. The summed E-state index contributed by atoms with van der Waals surface area (Å²) < 4.78 is 18.9. The number of nitrogens with one attached hydrogen (secondary N) is 1. The zero-order valence-electron chi connectivity index (χ0n) is 13.4. The lowest BCUT2D eigenvalue weighted by Crippen LogP contribution is -2.17. The molecule has 0 saturated heterocycles. The van der Waals surface area contributed by atoms with E-state index in [4.69, 9.17) is 4.74 Å². The summed E-state index contributed by atoms with van der Waals surface area (Å²) in [4.78, 5) is 25.4. The third-order valence-electron chi connectivity index (χ3n) is 3.28. The average molecular weight is 335 g/mol. The maximum Gasteiger partial charge on any atom is 0.341 e. The minimum absolute atomic E-state index is 0.0700. The number of rotatable bonds is 4. The molecule has 0 bridgehead atoms. The molecule has 4 nitrogen and oxygen atoms in total. The van der Waals surface area contributed by atoms with Gasteiger partial charge in [-0.25, -0.2) is 9.18 Å². The van der Waals surface area contributed by atoms with Crippen LogP contribution in [0.1, 0.15) is 45.0 Å². The molecule has 2 rings (SSSR count). The average Bonchev–Trinajstić information content (AvgIpc) is 2.73. The number of carbonyl (C=O) groups is 2. The summed E-state index contributed by atoms with van der Waals surface area (Å²) in [5.74, 6) is -1.70. The van der Waals surface area contributed by atoms with Crippen LogP contribution in [0, 0.1) is 19.7 Å². The highest BCUT2D eigenvalue weighted by Gasteiger charge is 2.24. The fourth-order valence-electron chi connectivity index (χ4n) is 2.05. The summed E-state index contributed by atoms with van der Waals surface area (Å²) in [5.41, 5.74) is 1.01. The molecule has 0 aliphatic heterocycles. The fourth-order valence-corrected chi connectivity index (χ4v) is 3.09. The summed E-state index contributed by atoms with van der Waals surface area (Å²) in [6.45, 7) is 7.15. The van der Waals surface area contributed by atoms with Crippen molar-refractivity contribution >= 4 is 28.2 Å². The first kappa shape index (κ1) is 17.1. The Morgan fingerprint density at radius 3 is 2.48 bits per heavy atom. The number of hydrogen-bond donors (Lipinski definition) is 1. The van der Waals surface area contributed by atoms with Gasteiger partial charge in [-0.2, -0.15) is 0 Å². The molecule has 1 N–H and O–H groups in total. The molecule has 1 heterocycles. The minimum Gasteiger partial charge on any atom is -0.459 e. The number of esters is 1. The Hall–Kier alpha value is -2.21. The van der Waals surface area contributed by atoms with Crippen molar-refractivity contribution in [1.82, 2.24) is 0 Å². The fraction of sp³-hybridized carbons (Fsp3) is 0.294. The standard InChI is InChI=1S/C17H18FNO3S/c1-9(2)22-17(21)14-10(3)11(4)23-16(14)19-15(20)12-7-5-6-8-13(12)18/h5-9H,1-4H3,(H,19,20). The number of halogens is 1. The largest absolute Gasteiger partial charge is 0.459 e. The third kappa shape index (κ3) is 3.76. The molecular weight excluding hydrogens is 317 g/mol. The molecule has 122 valence electrons. The van der Waals surface area contributed by atoms with Crippen LogP contribution >= 0.6 is 11.3 Å². The number of amides is 1. The van der Waals surface area contributed by atoms with E-state index in [0.717, 1.165) is 10.4 Å². The number of aryl methyl sites for hydroxylation is 1. The van der Waals surface area contributed by atoms with E-state index in [2.05, 4.69) is 5.32 Å². The van der Waals surface area contributed by atoms with Gasteiger partial charge in [0.25, 0.3) is 5.91 Å². The van der Waals surface area contributed by atoms with Crippen LogP contribution < -0.4 is 5.32 Å². The van der Waals surface area contributed by atoms with Gasteiger partial charge in [0.15, 0.2) is 0 Å². The highest BCUT2D eigenvalue weighted by molar-refractivity contribution is 7.16. The molecule has 1 aromatic carbocycles. The topological polar surface area (TPSA) is 55.4 Å². The quantitative estimate of drug-likeness (QED) is 0.847. The molecule has 0 radical (unpaired) electrons. The number of carbonyl (C=O) groups excluding carboxylic acids is 2. The molecule has 0 aliphatic rings. The van der Waals surface area contributed by atoms with Gasteiger partial charge in [-0.3, -0.25) is 4.79 Å². The molecule has 6 heteroatoms. The predicted molar refractivity (Wildman–Crippen MR) is 88.7 cm³/mol. The van der Waals surface area contributed by atoms with Gasteiger partial charge in [-0.15, -0.1) is 11.3 Å². The maximum absolute atomic E-state index is 13.7. The van der Waals surface area contributed by atoms with E-state index in [1.165, 1.54) is 29.5 Å². The first-order valence-electron chi connectivity index (χ1n) is 7.18. The SMILES string of the molecule is Cc1sc(NC(=O)c2ccccc2F)c(C(=O)OC(C)C)c1C. The van der Waals surface area contributed by atoms with Gasteiger partial charge in [-0.05, 0) is 45.4 Å². The van der Waals surface area contributed by atoms with Crippen molar-refractivity contribution in [2.24, 2.45) is 0 Å². The normalized spacial score (nSPS) is 10.7. The molecule has 0 aliphatic carbocycles. The number of thiophene rings is 1. The first-order valence-corrected chi connectivity index (χ1v) is 7.99. The van der Waals surface area contributed by atoms with E-state index >= 15 is 0 Å². The van der Waals surface area contributed by atoms with E-state index in [9.17, 15) is 14.0 Å². The molecule has 0 saturated carbocycles. The van der Waals surface area contributed by atoms with Crippen LogP contribution in [0.15, 0.2) is 24.3 Å². The Morgan fingerprint density at radius 2 is 1.87 bits per heavy atom. The van der Waals surface area contributed by atoms with Crippen molar-refractivity contribution in [3.8, 4) is 0 Å². The third-order valence-corrected chi connectivity index (χ3v) is 4.40. The summed E-state index contributed by atoms with van der Waals surface area (Å²) in [7, 11) is 0. The van der Waals surface area contributed by atoms with Gasteiger partial charge in [0.2, 0.25) is 0 Å². The van der Waals surface area contributed by atoms with Crippen LogP contribution in [-0.4, -0.2) is 18.0 Å². The Bertz CT molecular complexity index is 752. The first-order chi connectivity index (χ1) is 10.8. The van der Waals surface area contributed by atoms with Crippen LogP contribution in [0.5, 0.6) is 0 Å². The van der Waals surface area contributed by atoms with Crippen molar-refractivity contribution in [2.45, 2.75) is 33.8 Å². The van der Waals surface area contributed by atoms with Crippen molar-refractivity contribution in [3.63, 3.8) is 0 Å². The smallest absolute Gasteiger partial charge is 0.341 e. The Labute approximate surface area is 138 Å². The van der Waals surface area contributed by atoms with Crippen LogP contribution in [0.4, 0.5) is 9.39 Å². The molecule has 0 unspecified atom stereocenters. The molecular formula is C17H18FNO3S. The number of ether oxygens (including phenoxy) is 1. The van der Waals surface area contributed by atoms with Crippen LogP contribution in [0.25, 0.3) is 0 Å². The minimum atomic E-state index is -0.610. The second-order valence-electron chi connectivity index (χ2n) is 5.38. The molecule has 2 aromatic rings. The monoisotopic (exact) mass is 335 g/mol. The zero-order valence-corrected chi connectivity index (χ0v) is 14.2. The Morgan fingerprint density at radius 1 is 1.22 bits per heavy atom. The Balaban J connectivity index is 2.33. The number of hydrogen-bond acceptors (Lipinski definition) is 4. The molecule has 0 fully saturated rings. The number of benzene rings is 1. The summed E-state index contributed by atoms with van der Waals surface area (Å²) in [6.07, 6.45) is -0.266. The Kier molecular flexibility index (Phi) is 5.15. The van der Waals surface area contributed by atoms with Crippen molar-refractivity contribution in [2.75, 3.05) is 5.32 Å². The lowest BCUT2D eigenvalue weighted by atomic mass is 10.1. The molecule has 0 atom stereocenters. The number of anilines is 1. The van der Waals surface area contributed by atoms with Crippen molar-refractivity contribution in [1.29, 1.82) is 0 Å². The van der Waals surface area contributed by atoms with Gasteiger partial charge >= 0.3 is 5.97 Å². The van der Waals surface area contributed by atoms with E-state index in [0.29, 0.717) is 10.6 Å². The van der Waals surface area contributed by atoms with Gasteiger partial charge in [0.05, 0.1) is 17.2 Å². The van der Waals surface area contributed by atoms with Gasteiger partial charge in [0.1, 0.15) is 10.8 Å². The van der Waals surface area contributed by atoms with Crippen LogP contribution in [0.2, 0.25) is 0 Å². The zero-order chi connectivity index (χ0) is 17.1. The molecule has 23 heavy (non-hydrogen) atoms.